The standard InChI is InChI=1S/C24H20NOP/c26-27(20-10-3-1-4-11-20,21-12-5-2-6-13-21)24-22-14-8-7-9-19(22)17-23(25-24)18-15-16-18/h1-14,17-18H,15-16H2. The van der Waals surface area contributed by atoms with Gasteiger partial charge in [0.25, 0.3) is 0 Å². The van der Waals surface area contributed by atoms with Crippen molar-refractivity contribution in [1.29, 1.82) is 0 Å². The van der Waals surface area contributed by atoms with Crippen LogP contribution in [0.15, 0.2) is 91.0 Å². The molecule has 1 aromatic heterocycles. The van der Waals surface area contributed by atoms with E-state index in [2.05, 4.69) is 12.1 Å². The molecule has 1 fully saturated rings. The van der Waals surface area contributed by atoms with E-state index in [-0.39, 0.29) is 0 Å². The zero-order chi connectivity index (χ0) is 18.3. The lowest BCUT2D eigenvalue weighted by Gasteiger charge is -2.21. The molecule has 2 nitrogen and oxygen atoms in total. The number of rotatable bonds is 4. The number of pyridine rings is 1. The first-order valence-electron chi connectivity index (χ1n) is 9.38. The van der Waals surface area contributed by atoms with Gasteiger partial charge in [0.15, 0.2) is 7.14 Å². The van der Waals surface area contributed by atoms with Crippen molar-refractivity contribution in [3.05, 3.63) is 96.7 Å². The minimum absolute atomic E-state index is 0.508. The van der Waals surface area contributed by atoms with Crippen LogP contribution in [0, 0.1) is 0 Å². The van der Waals surface area contributed by atoms with E-state index >= 15 is 0 Å². The van der Waals surface area contributed by atoms with Crippen LogP contribution in [0.1, 0.15) is 24.5 Å². The highest BCUT2D eigenvalue weighted by Crippen LogP contribution is 2.46. The van der Waals surface area contributed by atoms with Gasteiger partial charge in [-0.1, -0.05) is 84.9 Å². The predicted molar refractivity (Wildman–Crippen MR) is 113 cm³/mol. The molecule has 0 amide bonds. The first-order valence-corrected chi connectivity index (χ1v) is 11.1. The third-order valence-electron chi connectivity index (χ3n) is 5.27. The fourth-order valence-electron chi connectivity index (χ4n) is 3.70. The number of aromatic nitrogens is 1. The van der Waals surface area contributed by atoms with Crippen LogP contribution < -0.4 is 16.0 Å². The maximum atomic E-state index is 14.8. The van der Waals surface area contributed by atoms with Crippen LogP contribution in [-0.4, -0.2) is 4.98 Å². The van der Waals surface area contributed by atoms with Gasteiger partial charge in [-0.3, -0.25) is 0 Å². The zero-order valence-electron chi connectivity index (χ0n) is 15.0. The van der Waals surface area contributed by atoms with E-state index in [9.17, 15) is 4.57 Å². The number of benzene rings is 3. The van der Waals surface area contributed by atoms with E-state index in [1.54, 1.807) is 0 Å². The highest BCUT2D eigenvalue weighted by molar-refractivity contribution is 7.85. The Kier molecular flexibility index (Phi) is 3.95. The molecule has 5 rings (SSSR count). The van der Waals surface area contributed by atoms with Crippen molar-refractivity contribution in [2.45, 2.75) is 18.8 Å². The van der Waals surface area contributed by atoms with Crippen LogP contribution in [-0.2, 0) is 4.57 Å². The van der Waals surface area contributed by atoms with Crippen LogP contribution in [0.5, 0.6) is 0 Å². The van der Waals surface area contributed by atoms with Crippen molar-refractivity contribution in [2.24, 2.45) is 0 Å². The van der Waals surface area contributed by atoms with Crippen LogP contribution in [0.4, 0.5) is 0 Å². The summed E-state index contributed by atoms with van der Waals surface area (Å²) in [5, 5.41) is 3.78. The quantitative estimate of drug-likeness (QED) is 0.486. The fraction of sp³-hybridized carbons (Fsp3) is 0.125. The zero-order valence-corrected chi connectivity index (χ0v) is 15.8. The molecule has 1 aliphatic carbocycles. The lowest BCUT2D eigenvalue weighted by atomic mass is 10.1. The van der Waals surface area contributed by atoms with E-state index in [1.807, 2.05) is 78.9 Å². The lowest BCUT2D eigenvalue weighted by molar-refractivity contribution is 0.592. The first kappa shape index (κ1) is 16.5. The number of fused-ring (bicyclic) bond motifs is 1. The third-order valence-corrected chi connectivity index (χ3v) is 8.26. The Morgan fingerprint density at radius 1 is 0.741 bits per heavy atom. The monoisotopic (exact) mass is 369 g/mol. The minimum atomic E-state index is -3.07. The highest BCUT2D eigenvalue weighted by Gasteiger charge is 2.35. The van der Waals surface area contributed by atoms with Gasteiger partial charge in [0.1, 0.15) is 5.44 Å². The molecule has 27 heavy (non-hydrogen) atoms. The molecule has 0 N–H and O–H groups in total. The maximum absolute atomic E-state index is 14.8. The second kappa shape index (κ2) is 6.48. The van der Waals surface area contributed by atoms with Crippen LogP contribution in [0.2, 0.25) is 0 Å². The topological polar surface area (TPSA) is 30.0 Å². The molecule has 4 aromatic rings. The lowest BCUT2D eigenvalue weighted by Crippen LogP contribution is -2.28. The molecule has 1 saturated carbocycles. The average Bonchev–Trinajstić information content (AvgIpc) is 3.59. The van der Waals surface area contributed by atoms with E-state index in [4.69, 9.17) is 4.98 Å². The van der Waals surface area contributed by atoms with Gasteiger partial charge in [0, 0.05) is 27.6 Å². The van der Waals surface area contributed by atoms with Crippen molar-refractivity contribution in [2.75, 3.05) is 0 Å². The molecule has 0 saturated heterocycles. The molecule has 0 aliphatic heterocycles. The SMILES string of the molecule is O=P(c1ccccc1)(c1ccccc1)c1nc(C2CC2)cc2ccccc12. The molecule has 3 aromatic carbocycles. The molecule has 0 unspecified atom stereocenters. The van der Waals surface area contributed by atoms with Gasteiger partial charge >= 0.3 is 0 Å². The summed E-state index contributed by atoms with van der Waals surface area (Å²) in [6.45, 7) is 0. The Balaban J connectivity index is 1.87. The molecule has 0 atom stereocenters. The molecule has 1 aliphatic rings. The molecule has 0 bridgehead atoms. The van der Waals surface area contributed by atoms with Gasteiger partial charge in [-0.2, -0.15) is 0 Å². The molecule has 1 heterocycles. The normalized spacial score (nSPS) is 14.4. The Bertz CT molecular complexity index is 1110. The van der Waals surface area contributed by atoms with Gasteiger partial charge in [0.05, 0.1) is 0 Å². The Morgan fingerprint density at radius 2 is 1.30 bits per heavy atom. The maximum Gasteiger partial charge on any atom is 0.189 e. The number of hydrogen-bond acceptors (Lipinski definition) is 2. The van der Waals surface area contributed by atoms with Crippen LogP contribution in [0.3, 0.4) is 0 Å². The molecule has 0 radical (unpaired) electrons. The van der Waals surface area contributed by atoms with Gasteiger partial charge in [-0.25, -0.2) is 4.98 Å². The highest BCUT2D eigenvalue weighted by atomic mass is 31.2. The summed E-state index contributed by atoms with van der Waals surface area (Å²) in [6, 6.07) is 30.0. The molecule has 132 valence electrons. The smallest absolute Gasteiger partial charge is 0.189 e. The number of nitrogens with zero attached hydrogens (tertiary/aromatic N) is 1. The molecule has 0 spiro atoms. The summed E-state index contributed by atoms with van der Waals surface area (Å²) in [6.07, 6.45) is 2.34. The van der Waals surface area contributed by atoms with E-state index in [1.165, 1.54) is 12.8 Å². The summed E-state index contributed by atoms with van der Waals surface area (Å²) >= 11 is 0. The Morgan fingerprint density at radius 3 is 1.89 bits per heavy atom. The fourth-order valence-corrected chi connectivity index (χ4v) is 6.47. The van der Waals surface area contributed by atoms with Gasteiger partial charge in [0.2, 0.25) is 0 Å². The average molecular weight is 369 g/mol. The van der Waals surface area contributed by atoms with Gasteiger partial charge in [-0.15, -0.1) is 0 Å². The van der Waals surface area contributed by atoms with E-state index in [0.717, 1.165) is 32.5 Å². The Hall–Kier alpha value is -2.70. The third kappa shape index (κ3) is 2.81. The Labute approximate surface area is 159 Å². The van der Waals surface area contributed by atoms with Crippen molar-refractivity contribution in [3.63, 3.8) is 0 Å². The van der Waals surface area contributed by atoms with Crippen molar-refractivity contribution >= 4 is 34.0 Å². The summed E-state index contributed by atoms with van der Waals surface area (Å²) in [5.74, 6) is 0.508. The molecular weight excluding hydrogens is 349 g/mol. The van der Waals surface area contributed by atoms with Crippen molar-refractivity contribution in [1.82, 2.24) is 4.98 Å². The second-order valence-electron chi connectivity index (χ2n) is 7.15. The largest absolute Gasteiger partial charge is 0.307 e. The van der Waals surface area contributed by atoms with Gasteiger partial charge in [-0.05, 0) is 24.3 Å². The molecular formula is C24H20NOP. The summed E-state index contributed by atoms with van der Waals surface area (Å²) < 4.78 is 14.8. The van der Waals surface area contributed by atoms with E-state index < -0.39 is 7.14 Å². The summed E-state index contributed by atoms with van der Waals surface area (Å²) in [7, 11) is -3.07. The van der Waals surface area contributed by atoms with Crippen molar-refractivity contribution in [3.8, 4) is 0 Å². The predicted octanol–water partition coefficient (Wildman–Crippen LogP) is 4.75. The minimum Gasteiger partial charge on any atom is -0.307 e. The first-order chi connectivity index (χ1) is 13.3. The number of hydrogen-bond donors (Lipinski definition) is 0. The second-order valence-corrected chi connectivity index (χ2v) is 9.82. The van der Waals surface area contributed by atoms with Crippen molar-refractivity contribution < 1.29 is 4.57 Å². The van der Waals surface area contributed by atoms with Gasteiger partial charge < -0.3 is 4.57 Å². The van der Waals surface area contributed by atoms with E-state index in [0.29, 0.717) is 5.92 Å². The summed E-state index contributed by atoms with van der Waals surface area (Å²) in [4.78, 5) is 5.02. The molecule has 3 heteroatoms. The van der Waals surface area contributed by atoms with Crippen LogP contribution in [0.25, 0.3) is 10.8 Å². The summed E-state index contributed by atoms with van der Waals surface area (Å²) in [5.41, 5.74) is 1.80. The van der Waals surface area contributed by atoms with Crippen LogP contribution >= 0.6 is 7.14 Å².